The van der Waals surface area contributed by atoms with E-state index in [1.165, 1.54) is 6.07 Å². The zero-order chi connectivity index (χ0) is 12.3. The van der Waals surface area contributed by atoms with Crippen molar-refractivity contribution in [2.75, 3.05) is 18.5 Å². The van der Waals surface area contributed by atoms with Crippen molar-refractivity contribution in [3.05, 3.63) is 34.1 Å². The van der Waals surface area contributed by atoms with Crippen molar-refractivity contribution in [3.63, 3.8) is 0 Å². The summed E-state index contributed by atoms with van der Waals surface area (Å²) in [5, 5.41) is 13.8. The van der Waals surface area contributed by atoms with Crippen LogP contribution < -0.4 is 5.32 Å². The van der Waals surface area contributed by atoms with Crippen LogP contribution >= 0.6 is 0 Å². The number of hydrogen-bond donors (Lipinski definition) is 1. The van der Waals surface area contributed by atoms with Gasteiger partial charge in [-0.25, -0.2) is 4.39 Å². The van der Waals surface area contributed by atoms with E-state index in [-0.39, 0.29) is 17.4 Å². The second-order valence-electron chi connectivity index (χ2n) is 3.95. The largest absolute Gasteiger partial charge is 0.381 e. The quantitative estimate of drug-likeness (QED) is 0.650. The molecule has 1 aromatic rings. The predicted octanol–water partition coefficient (Wildman–Crippen LogP) is 2.32. The SMILES string of the molecule is O=[N+]([O-])c1ccc(F)cc1NC1CCOCC1. The molecule has 92 valence electrons. The van der Waals surface area contributed by atoms with Gasteiger partial charge in [0, 0.05) is 31.4 Å². The average molecular weight is 240 g/mol. The van der Waals surface area contributed by atoms with Crippen LogP contribution in [0.15, 0.2) is 18.2 Å². The predicted molar refractivity (Wildman–Crippen MR) is 60.5 cm³/mol. The van der Waals surface area contributed by atoms with Crippen LogP contribution in [0.2, 0.25) is 0 Å². The molecule has 5 nitrogen and oxygen atoms in total. The molecule has 1 aromatic carbocycles. The Labute approximate surface area is 97.7 Å². The molecule has 1 saturated heterocycles. The molecule has 2 rings (SSSR count). The van der Waals surface area contributed by atoms with Crippen molar-refractivity contribution in [2.45, 2.75) is 18.9 Å². The maximum atomic E-state index is 13.1. The summed E-state index contributed by atoms with van der Waals surface area (Å²) in [6.07, 6.45) is 1.54. The third kappa shape index (κ3) is 2.91. The molecule has 0 aromatic heterocycles. The minimum atomic E-state index is -0.513. The number of hydrogen-bond acceptors (Lipinski definition) is 4. The van der Waals surface area contributed by atoms with Gasteiger partial charge in [-0.15, -0.1) is 0 Å². The van der Waals surface area contributed by atoms with Gasteiger partial charge in [-0.05, 0) is 18.9 Å². The van der Waals surface area contributed by atoms with Gasteiger partial charge in [0.1, 0.15) is 11.5 Å². The molecule has 0 unspecified atom stereocenters. The van der Waals surface area contributed by atoms with Gasteiger partial charge in [-0.2, -0.15) is 0 Å². The lowest BCUT2D eigenvalue weighted by molar-refractivity contribution is -0.384. The van der Waals surface area contributed by atoms with Crippen molar-refractivity contribution in [1.82, 2.24) is 0 Å². The summed E-state index contributed by atoms with van der Waals surface area (Å²) in [4.78, 5) is 10.3. The van der Waals surface area contributed by atoms with Gasteiger partial charge in [0.15, 0.2) is 0 Å². The number of nitro groups is 1. The zero-order valence-electron chi connectivity index (χ0n) is 9.19. The minimum absolute atomic E-state index is 0.0992. The van der Waals surface area contributed by atoms with Crippen LogP contribution in [0.1, 0.15) is 12.8 Å². The van der Waals surface area contributed by atoms with Gasteiger partial charge in [0.2, 0.25) is 0 Å². The summed E-state index contributed by atoms with van der Waals surface area (Å²) in [6, 6.07) is 3.53. The Kier molecular flexibility index (Phi) is 3.53. The first-order chi connectivity index (χ1) is 8.16. The molecule has 0 radical (unpaired) electrons. The Hall–Kier alpha value is -1.69. The minimum Gasteiger partial charge on any atom is -0.381 e. The summed E-state index contributed by atoms with van der Waals surface area (Å²) in [5.41, 5.74) is 0.139. The van der Waals surface area contributed by atoms with Gasteiger partial charge in [-0.1, -0.05) is 0 Å². The van der Waals surface area contributed by atoms with Crippen LogP contribution in [0.4, 0.5) is 15.8 Å². The van der Waals surface area contributed by atoms with Gasteiger partial charge in [-0.3, -0.25) is 10.1 Å². The fourth-order valence-electron chi connectivity index (χ4n) is 1.84. The molecule has 1 aliphatic rings. The average Bonchev–Trinajstić information content (AvgIpc) is 2.30. The van der Waals surface area contributed by atoms with E-state index in [0.717, 1.165) is 25.0 Å². The number of ether oxygens (including phenoxy) is 1. The molecule has 1 aliphatic heterocycles. The Morgan fingerprint density at radius 1 is 1.41 bits per heavy atom. The van der Waals surface area contributed by atoms with Gasteiger partial charge >= 0.3 is 0 Å². The van der Waals surface area contributed by atoms with Crippen molar-refractivity contribution in [2.24, 2.45) is 0 Å². The molecular weight excluding hydrogens is 227 g/mol. The van der Waals surface area contributed by atoms with Crippen LogP contribution in [0, 0.1) is 15.9 Å². The molecule has 0 aliphatic carbocycles. The highest BCUT2D eigenvalue weighted by molar-refractivity contribution is 5.61. The fraction of sp³-hybridized carbons (Fsp3) is 0.455. The van der Waals surface area contributed by atoms with Gasteiger partial charge in [0.25, 0.3) is 5.69 Å². The molecule has 6 heteroatoms. The number of anilines is 1. The molecule has 17 heavy (non-hydrogen) atoms. The maximum absolute atomic E-state index is 13.1. The molecule has 0 amide bonds. The lowest BCUT2D eigenvalue weighted by atomic mass is 10.1. The number of nitrogens with zero attached hydrogens (tertiary/aromatic N) is 1. The molecule has 0 saturated carbocycles. The van der Waals surface area contributed by atoms with E-state index in [1.807, 2.05) is 0 Å². The van der Waals surface area contributed by atoms with E-state index in [9.17, 15) is 14.5 Å². The number of rotatable bonds is 3. The third-order valence-electron chi connectivity index (χ3n) is 2.74. The van der Waals surface area contributed by atoms with Crippen molar-refractivity contribution in [3.8, 4) is 0 Å². The summed E-state index contributed by atoms with van der Waals surface area (Å²) in [5.74, 6) is -0.481. The van der Waals surface area contributed by atoms with Gasteiger partial charge < -0.3 is 10.1 Å². The number of nitrogens with one attached hydrogen (secondary N) is 1. The van der Waals surface area contributed by atoms with Crippen LogP contribution in [-0.2, 0) is 4.74 Å². The number of nitro benzene ring substituents is 1. The molecular formula is C11H13FN2O3. The number of halogens is 1. The molecule has 0 atom stereocenters. The second-order valence-corrected chi connectivity index (χ2v) is 3.95. The monoisotopic (exact) mass is 240 g/mol. The van der Waals surface area contributed by atoms with Crippen molar-refractivity contribution >= 4 is 11.4 Å². The Balaban J connectivity index is 2.17. The molecule has 0 spiro atoms. The number of benzene rings is 1. The highest BCUT2D eigenvalue weighted by Crippen LogP contribution is 2.27. The highest BCUT2D eigenvalue weighted by Gasteiger charge is 2.19. The third-order valence-corrected chi connectivity index (χ3v) is 2.74. The normalized spacial score (nSPS) is 16.8. The molecule has 1 heterocycles. The van der Waals surface area contributed by atoms with Crippen molar-refractivity contribution in [1.29, 1.82) is 0 Å². The zero-order valence-corrected chi connectivity index (χ0v) is 9.19. The smallest absolute Gasteiger partial charge is 0.292 e. The first-order valence-electron chi connectivity index (χ1n) is 5.45. The van der Waals surface area contributed by atoms with E-state index in [0.29, 0.717) is 13.2 Å². The van der Waals surface area contributed by atoms with Crippen LogP contribution in [0.25, 0.3) is 0 Å². The first kappa shape index (κ1) is 11.8. The van der Waals surface area contributed by atoms with Gasteiger partial charge in [0.05, 0.1) is 4.92 Å². The highest BCUT2D eigenvalue weighted by atomic mass is 19.1. The van der Waals surface area contributed by atoms with Crippen molar-refractivity contribution < 1.29 is 14.1 Å². The topological polar surface area (TPSA) is 64.4 Å². The van der Waals surface area contributed by atoms with Crippen LogP contribution in [0.5, 0.6) is 0 Å². The van der Waals surface area contributed by atoms with E-state index >= 15 is 0 Å². The van der Waals surface area contributed by atoms with E-state index in [1.54, 1.807) is 0 Å². The molecule has 0 bridgehead atoms. The van der Waals surface area contributed by atoms with Crippen LogP contribution in [0.3, 0.4) is 0 Å². The molecule has 1 N–H and O–H groups in total. The summed E-state index contributed by atoms with van der Waals surface area (Å²) in [6.45, 7) is 1.25. The Bertz CT molecular complexity index is 419. The van der Waals surface area contributed by atoms with E-state index in [2.05, 4.69) is 5.32 Å². The summed E-state index contributed by atoms with van der Waals surface area (Å²) < 4.78 is 18.3. The lowest BCUT2D eigenvalue weighted by Crippen LogP contribution is -2.28. The van der Waals surface area contributed by atoms with Crippen LogP contribution in [-0.4, -0.2) is 24.2 Å². The summed E-state index contributed by atoms with van der Waals surface area (Å²) in [7, 11) is 0. The van der Waals surface area contributed by atoms with E-state index < -0.39 is 10.7 Å². The first-order valence-corrected chi connectivity index (χ1v) is 5.45. The Morgan fingerprint density at radius 2 is 2.12 bits per heavy atom. The second kappa shape index (κ2) is 5.09. The standard InChI is InChI=1S/C11H13FN2O3/c12-8-1-2-11(14(15)16)10(7-8)13-9-3-5-17-6-4-9/h1-2,7,9,13H,3-6H2. The summed E-state index contributed by atoms with van der Waals surface area (Å²) >= 11 is 0. The van der Waals surface area contributed by atoms with E-state index in [4.69, 9.17) is 4.74 Å². The Morgan fingerprint density at radius 3 is 2.76 bits per heavy atom. The lowest BCUT2D eigenvalue weighted by Gasteiger charge is -2.23. The maximum Gasteiger partial charge on any atom is 0.292 e. The fourth-order valence-corrected chi connectivity index (χ4v) is 1.84. The molecule has 1 fully saturated rings.